The molecule has 3 fully saturated rings. The SMILES string of the molecule is COCOC1CC[C@]23CC1C[C@@H]2CC(=O)C=C3CCCCOC1CCCCO1. The van der Waals surface area contributed by atoms with Gasteiger partial charge in [-0.25, -0.2) is 0 Å². The third kappa shape index (κ3) is 4.38. The molecule has 2 saturated carbocycles. The number of rotatable bonds is 9. The Morgan fingerprint density at radius 1 is 1.21 bits per heavy atom. The Bertz CT molecular complexity index is 567. The fraction of sp³-hybridized carbons (Fsp3) is 0.870. The molecular formula is C23H36O5. The Labute approximate surface area is 169 Å². The molecule has 1 spiro atoms. The molecule has 1 heterocycles. The van der Waals surface area contributed by atoms with E-state index in [1.54, 1.807) is 7.11 Å². The molecule has 3 unspecified atom stereocenters. The molecule has 4 rings (SSSR count). The van der Waals surface area contributed by atoms with Crippen molar-refractivity contribution in [3.63, 3.8) is 0 Å². The topological polar surface area (TPSA) is 54.0 Å². The van der Waals surface area contributed by atoms with Gasteiger partial charge in [-0.15, -0.1) is 0 Å². The van der Waals surface area contributed by atoms with Gasteiger partial charge >= 0.3 is 0 Å². The van der Waals surface area contributed by atoms with Crippen molar-refractivity contribution in [3.05, 3.63) is 11.6 Å². The summed E-state index contributed by atoms with van der Waals surface area (Å²) in [5.41, 5.74) is 1.69. The maximum atomic E-state index is 12.4. The Morgan fingerprint density at radius 2 is 2.14 bits per heavy atom. The number of hydrogen-bond acceptors (Lipinski definition) is 5. The zero-order valence-corrected chi connectivity index (χ0v) is 17.3. The molecule has 3 aliphatic carbocycles. The van der Waals surface area contributed by atoms with E-state index in [2.05, 4.69) is 0 Å². The standard InChI is InChI=1S/C23H36O5/c1-25-16-28-21-8-9-23-15-17(21)12-19(23)14-20(24)13-18(23)6-2-4-10-26-22-7-3-5-11-27-22/h13,17,19,21-22H,2-12,14-16H2,1H3/t17?,19-,21?,22?,23-/m1/s1. The van der Waals surface area contributed by atoms with Gasteiger partial charge in [0.2, 0.25) is 0 Å². The molecule has 28 heavy (non-hydrogen) atoms. The van der Waals surface area contributed by atoms with Crippen LogP contribution in [-0.2, 0) is 23.7 Å². The molecule has 1 aliphatic heterocycles. The number of unbranched alkanes of at least 4 members (excludes halogenated alkanes) is 1. The molecule has 0 aromatic carbocycles. The number of ketones is 1. The predicted octanol–water partition coefficient (Wildman–Crippen LogP) is 4.39. The lowest BCUT2D eigenvalue weighted by Gasteiger charge is -2.44. The minimum absolute atomic E-state index is 0.00478. The van der Waals surface area contributed by atoms with Crippen molar-refractivity contribution in [2.45, 2.75) is 83.0 Å². The van der Waals surface area contributed by atoms with Gasteiger partial charge in [0.1, 0.15) is 6.79 Å². The van der Waals surface area contributed by atoms with Gasteiger partial charge in [-0.05, 0) is 87.5 Å². The van der Waals surface area contributed by atoms with E-state index in [-0.39, 0.29) is 11.7 Å². The Kier molecular flexibility index (Phi) is 6.87. The minimum Gasteiger partial charge on any atom is -0.359 e. The van der Waals surface area contributed by atoms with Crippen molar-refractivity contribution < 1.29 is 23.7 Å². The summed E-state index contributed by atoms with van der Waals surface area (Å²) in [4.78, 5) is 12.4. The molecule has 0 N–H and O–H groups in total. The Morgan fingerprint density at radius 3 is 2.96 bits per heavy atom. The van der Waals surface area contributed by atoms with Gasteiger partial charge in [0, 0.05) is 26.7 Å². The lowest BCUT2D eigenvalue weighted by atomic mass is 9.61. The number of fused-ring (bicyclic) bond motifs is 1. The van der Waals surface area contributed by atoms with Crippen LogP contribution in [0.15, 0.2) is 11.6 Å². The molecule has 0 radical (unpaired) electrons. The zero-order valence-electron chi connectivity index (χ0n) is 17.3. The molecule has 4 aliphatic rings. The number of carbonyl (C=O) groups excluding carboxylic acids is 1. The van der Waals surface area contributed by atoms with Crippen molar-refractivity contribution in [2.75, 3.05) is 27.1 Å². The first kappa shape index (κ1) is 20.5. The van der Waals surface area contributed by atoms with Crippen LogP contribution in [0.3, 0.4) is 0 Å². The van der Waals surface area contributed by atoms with Crippen LogP contribution in [0.2, 0.25) is 0 Å². The number of methoxy groups -OCH3 is 1. The van der Waals surface area contributed by atoms with Gasteiger partial charge in [0.15, 0.2) is 12.1 Å². The number of hydrogen-bond donors (Lipinski definition) is 0. The fourth-order valence-electron chi connectivity index (χ4n) is 6.18. The van der Waals surface area contributed by atoms with Crippen molar-refractivity contribution in [3.8, 4) is 0 Å². The van der Waals surface area contributed by atoms with Crippen molar-refractivity contribution in [1.29, 1.82) is 0 Å². The van der Waals surface area contributed by atoms with Crippen molar-refractivity contribution >= 4 is 5.78 Å². The second-order valence-corrected chi connectivity index (χ2v) is 9.17. The smallest absolute Gasteiger partial charge is 0.157 e. The number of allylic oxidation sites excluding steroid dienone is 2. The molecule has 0 aromatic rings. The molecule has 1 saturated heterocycles. The van der Waals surface area contributed by atoms with Gasteiger partial charge in [-0.1, -0.05) is 5.57 Å². The quantitative estimate of drug-likeness (QED) is 0.430. The van der Waals surface area contributed by atoms with Crippen LogP contribution in [0.1, 0.15) is 70.6 Å². The minimum atomic E-state index is 0.00478. The van der Waals surface area contributed by atoms with Crippen LogP contribution in [0.4, 0.5) is 0 Å². The van der Waals surface area contributed by atoms with Crippen LogP contribution in [-0.4, -0.2) is 45.3 Å². The molecule has 2 bridgehead atoms. The van der Waals surface area contributed by atoms with Crippen LogP contribution >= 0.6 is 0 Å². The van der Waals surface area contributed by atoms with Crippen molar-refractivity contribution in [1.82, 2.24) is 0 Å². The van der Waals surface area contributed by atoms with Crippen LogP contribution in [0, 0.1) is 17.3 Å². The summed E-state index contributed by atoms with van der Waals surface area (Å²) in [6, 6.07) is 0. The molecule has 5 heteroatoms. The highest BCUT2D eigenvalue weighted by molar-refractivity contribution is 5.92. The highest BCUT2D eigenvalue weighted by Crippen LogP contribution is 2.62. The van der Waals surface area contributed by atoms with Gasteiger partial charge in [0.05, 0.1) is 6.10 Å². The largest absolute Gasteiger partial charge is 0.359 e. The van der Waals surface area contributed by atoms with Gasteiger partial charge in [0.25, 0.3) is 0 Å². The van der Waals surface area contributed by atoms with Crippen LogP contribution < -0.4 is 0 Å². The molecule has 0 amide bonds. The highest BCUT2D eigenvalue weighted by atomic mass is 16.7. The van der Waals surface area contributed by atoms with Crippen LogP contribution in [0.5, 0.6) is 0 Å². The number of carbonyl (C=O) groups is 1. The Balaban J connectivity index is 1.29. The second kappa shape index (κ2) is 9.38. The molecular weight excluding hydrogens is 356 g/mol. The fourth-order valence-corrected chi connectivity index (χ4v) is 6.18. The van der Waals surface area contributed by atoms with E-state index in [1.807, 2.05) is 6.08 Å². The van der Waals surface area contributed by atoms with E-state index in [0.29, 0.717) is 30.5 Å². The van der Waals surface area contributed by atoms with E-state index in [0.717, 1.165) is 71.0 Å². The average Bonchev–Trinajstić information content (AvgIpc) is 3.01. The molecule has 158 valence electrons. The summed E-state index contributed by atoms with van der Waals surface area (Å²) < 4.78 is 22.6. The summed E-state index contributed by atoms with van der Waals surface area (Å²) >= 11 is 0. The monoisotopic (exact) mass is 392 g/mol. The zero-order chi connectivity index (χ0) is 19.4. The summed E-state index contributed by atoms with van der Waals surface area (Å²) in [6.07, 6.45) is 14.2. The summed E-state index contributed by atoms with van der Waals surface area (Å²) in [5, 5.41) is 0. The predicted molar refractivity (Wildman–Crippen MR) is 106 cm³/mol. The molecule has 5 nitrogen and oxygen atoms in total. The van der Waals surface area contributed by atoms with Gasteiger partial charge in [-0.2, -0.15) is 0 Å². The normalized spacial score (nSPS) is 37.6. The van der Waals surface area contributed by atoms with Gasteiger partial charge in [-0.3, -0.25) is 4.79 Å². The molecule has 5 atom stereocenters. The van der Waals surface area contributed by atoms with Crippen molar-refractivity contribution in [2.24, 2.45) is 17.3 Å². The summed E-state index contributed by atoms with van der Waals surface area (Å²) in [5.74, 6) is 1.43. The van der Waals surface area contributed by atoms with Gasteiger partial charge < -0.3 is 18.9 Å². The van der Waals surface area contributed by atoms with Crippen LogP contribution in [0.25, 0.3) is 0 Å². The lowest BCUT2D eigenvalue weighted by molar-refractivity contribution is -0.162. The summed E-state index contributed by atoms with van der Waals surface area (Å²) in [7, 11) is 1.68. The first-order valence-electron chi connectivity index (χ1n) is 11.3. The van der Waals surface area contributed by atoms with E-state index < -0.39 is 0 Å². The maximum Gasteiger partial charge on any atom is 0.157 e. The van der Waals surface area contributed by atoms with E-state index in [4.69, 9.17) is 18.9 Å². The average molecular weight is 393 g/mol. The Hall–Kier alpha value is -0.750. The van der Waals surface area contributed by atoms with E-state index in [1.165, 1.54) is 18.4 Å². The third-order valence-corrected chi connectivity index (χ3v) is 7.50. The first-order valence-corrected chi connectivity index (χ1v) is 11.3. The lowest BCUT2D eigenvalue weighted by Crippen LogP contribution is -2.38. The highest BCUT2D eigenvalue weighted by Gasteiger charge is 2.55. The maximum absolute atomic E-state index is 12.4. The third-order valence-electron chi connectivity index (χ3n) is 7.50. The number of ether oxygens (including phenoxy) is 4. The first-order chi connectivity index (χ1) is 13.7. The molecule has 0 aromatic heterocycles. The van der Waals surface area contributed by atoms with E-state index >= 15 is 0 Å². The van der Waals surface area contributed by atoms with E-state index in [9.17, 15) is 4.79 Å². The summed E-state index contributed by atoms with van der Waals surface area (Å²) in [6.45, 7) is 1.98. The second-order valence-electron chi connectivity index (χ2n) is 9.17.